The molecule has 1 N–H and O–H groups in total. The molecule has 1 aromatic heterocycles. The molecule has 1 amide bonds. The van der Waals surface area contributed by atoms with E-state index in [0.29, 0.717) is 29.1 Å². The zero-order valence-corrected chi connectivity index (χ0v) is 16.9. The molecule has 0 fully saturated rings. The Labute approximate surface area is 171 Å². The van der Waals surface area contributed by atoms with Gasteiger partial charge in [0.2, 0.25) is 0 Å². The minimum atomic E-state index is -0.456. The lowest BCUT2D eigenvalue weighted by atomic mass is 10.1. The fraction of sp³-hybridized carbons (Fsp3) is 0.200. The highest BCUT2D eigenvalue weighted by atomic mass is 35.5. The van der Waals surface area contributed by atoms with Crippen LogP contribution in [-0.4, -0.2) is 22.4 Å². The average Bonchev–Trinajstić information content (AvgIpc) is 3.02. The highest BCUT2D eigenvalue weighted by Crippen LogP contribution is 2.29. The number of amides is 1. The molecular weight excluding hydrogens is 398 g/mol. The second kappa shape index (κ2) is 8.50. The van der Waals surface area contributed by atoms with Crippen LogP contribution in [0.1, 0.15) is 26.5 Å². The van der Waals surface area contributed by atoms with E-state index in [0.717, 1.165) is 21.1 Å². The molecule has 0 spiro atoms. The monoisotopic (exact) mass is 415 g/mol. The molecule has 0 aliphatic carbocycles. The highest BCUT2D eigenvalue weighted by molar-refractivity contribution is 7.15. The highest BCUT2D eigenvalue weighted by Gasteiger charge is 2.14. The fourth-order valence-corrected chi connectivity index (χ4v) is 3.96. The van der Waals surface area contributed by atoms with Gasteiger partial charge in [0.25, 0.3) is 11.6 Å². The molecule has 0 radical (unpaired) electrons. The molecule has 0 aliphatic heterocycles. The molecule has 1 heterocycles. The lowest BCUT2D eigenvalue weighted by Gasteiger charge is -2.06. The van der Waals surface area contributed by atoms with Crippen LogP contribution in [0, 0.1) is 24.0 Å². The van der Waals surface area contributed by atoms with E-state index >= 15 is 0 Å². The molecular formula is C20H18ClN3O3S. The van der Waals surface area contributed by atoms with Crippen LogP contribution >= 0.6 is 22.9 Å². The van der Waals surface area contributed by atoms with Crippen LogP contribution in [-0.2, 0) is 6.42 Å². The van der Waals surface area contributed by atoms with E-state index in [1.54, 1.807) is 18.3 Å². The first-order valence-electron chi connectivity index (χ1n) is 8.60. The molecule has 8 heteroatoms. The van der Waals surface area contributed by atoms with E-state index in [9.17, 15) is 14.9 Å². The summed E-state index contributed by atoms with van der Waals surface area (Å²) >= 11 is 7.52. The standard InChI is InChI=1S/C20H18ClN3O3S/c1-12-11-15(5-8-17(12)24(26)27)19(25)22-10-9-18-13(2)23-20(28-18)14-3-6-16(21)7-4-14/h3-8,11H,9-10H2,1-2H3,(H,22,25). The van der Waals surface area contributed by atoms with Crippen molar-refractivity contribution in [2.45, 2.75) is 20.3 Å². The molecule has 0 bridgehead atoms. The number of benzene rings is 2. The van der Waals surface area contributed by atoms with Gasteiger partial charge < -0.3 is 5.32 Å². The summed E-state index contributed by atoms with van der Waals surface area (Å²) in [4.78, 5) is 28.4. The molecule has 28 heavy (non-hydrogen) atoms. The first kappa shape index (κ1) is 20.0. The van der Waals surface area contributed by atoms with Crippen molar-refractivity contribution in [3.8, 4) is 10.6 Å². The Kier molecular flexibility index (Phi) is 6.06. The first-order chi connectivity index (χ1) is 13.3. The van der Waals surface area contributed by atoms with Crippen molar-refractivity contribution in [3.05, 3.63) is 79.3 Å². The summed E-state index contributed by atoms with van der Waals surface area (Å²) < 4.78 is 0. The number of hydrogen-bond donors (Lipinski definition) is 1. The molecule has 3 rings (SSSR count). The van der Waals surface area contributed by atoms with Crippen molar-refractivity contribution in [1.82, 2.24) is 10.3 Å². The Hall–Kier alpha value is -2.77. The number of nitrogens with zero attached hydrogens (tertiary/aromatic N) is 2. The van der Waals surface area contributed by atoms with E-state index in [4.69, 9.17) is 11.6 Å². The normalized spacial score (nSPS) is 10.7. The molecule has 0 saturated heterocycles. The number of aromatic nitrogens is 1. The summed E-state index contributed by atoms with van der Waals surface area (Å²) in [5.41, 5.74) is 2.82. The summed E-state index contributed by atoms with van der Waals surface area (Å²) in [5, 5.41) is 15.3. The van der Waals surface area contributed by atoms with Crippen LogP contribution < -0.4 is 5.32 Å². The van der Waals surface area contributed by atoms with Gasteiger partial charge in [0.1, 0.15) is 5.01 Å². The Morgan fingerprint density at radius 2 is 1.93 bits per heavy atom. The van der Waals surface area contributed by atoms with Gasteiger partial charge >= 0.3 is 0 Å². The van der Waals surface area contributed by atoms with Gasteiger partial charge in [-0.15, -0.1) is 11.3 Å². The molecule has 0 saturated carbocycles. The largest absolute Gasteiger partial charge is 0.352 e. The lowest BCUT2D eigenvalue weighted by Crippen LogP contribution is -2.25. The molecule has 0 unspecified atom stereocenters. The zero-order valence-electron chi connectivity index (χ0n) is 15.4. The third kappa shape index (κ3) is 4.55. The van der Waals surface area contributed by atoms with Gasteiger partial charge in [0, 0.05) is 45.6 Å². The van der Waals surface area contributed by atoms with Crippen LogP contribution in [0.5, 0.6) is 0 Å². The predicted octanol–water partition coefficient (Wildman–Crippen LogP) is 4.96. The number of carbonyl (C=O) groups excluding carboxylic acids is 1. The van der Waals surface area contributed by atoms with Crippen LogP contribution in [0.2, 0.25) is 5.02 Å². The Morgan fingerprint density at radius 1 is 1.21 bits per heavy atom. The molecule has 0 aliphatic rings. The smallest absolute Gasteiger partial charge is 0.272 e. The van der Waals surface area contributed by atoms with Crippen molar-refractivity contribution in [2.75, 3.05) is 6.54 Å². The molecule has 6 nitrogen and oxygen atoms in total. The Balaban J connectivity index is 1.62. The number of nitro groups is 1. The quantitative estimate of drug-likeness (QED) is 0.455. The maximum absolute atomic E-state index is 12.3. The maximum Gasteiger partial charge on any atom is 0.272 e. The van der Waals surface area contributed by atoms with Crippen molar-refractivity contribution >= 4 is 34.5 Å². The number of nitro benzene ring substituents is 1. The van der Waals surface area contributed by atoms with Crippen molar-refractivity contribution in [2.24, 2.45) is 0 Å². The van der Waals surface area contributed by atoms with Gasteiger partial charge in [0.05, 0.1) is 10.6 Å². The van der Waals surface area contributed by atoms with Gasteiger partial charge in [-0.1, -0.05) is 23.7 Å². The zero-order chi connectivity index (χ0) is 20.3. The van der Waals surface area contributed by atoms with Gasteiger partial charge in [-0.2, -0.15) is 0 Å². The summed E-state index contributed by atoms with van der Waals surface area (Å²) in [7, 11) is 0. The Morgan fingerprint density at radius 3 is 2.57 bits per heavy atom. The number of halogens is 1. The minimum absolute atomic E-state index is 0.00608. The SMILES string of the molecule is Cc1cc(C(=O)NCCc2sc(-c3ccc(Cl)cc3)nc2C)ccc1[N+](=O)[O-]. The van der Waals surface area contributed by atoms with Crippen LogP contribution in [0.3, 0.4) is 0 Å². The summed E-state index contributed by atoms with van der Waals surface area (Å²) in [6.07, 6.45) is 0.662. The minimum Gasteiger partial charge on any atom is -0.352 e. The van der Waals surface area contributed by atoms with Gasteiger partial charge in [-0.05, 0) is 38.1 Å². The number of thiazole rings is 1. The third-order valence-corrected chi connectivity index (χ3v) is 5.80. The number of carbonyl (C=O) groups is 1. The molecule has 2 aromatic carbocycles. The number of hydrogen-bond acceptors (Lipinski definition) is 5. The van der Waals surface area contributed by atoms with Gasteiger partial charge in [-0.25, -0.2) is 4.98 Å². The van der Waals surface area contributed by atoms with Crippen LogP contribution in [0.4, 0.5) is 5.69 Å². The van der Waals surface area contributed by atoms with E-state index in [1.165, 1.54) is 18.2 Å². The third-order valence-electron chi connectivity index (χ3n) is 4.28. The van der Waals surface area contributed by atoms with Crippen molar-refractivity contribution in [3.63, 3.8) is 0 Å². The summed E-state index contributed by atoms with van der Waals surface area (Å²) in [6, 6.07) is 11.9. The Bertz CT molecular complexity index is 1030. The molecule has 3 aromatic rings. The predicted molar refractivity (Wildman–Crippen MR) is 111 cm³/mol. The number of nitrogens with one attached hydrogen (secondary N) is 1. The van der Waals surface area contributed by atoms with Gasteiger partial charge in [-0.3, -0.25) is 14.9 Å². The number of aryl methyl sites for hydroxylation is 2. The summed E-state index contributed by atoms with van der Waals surface area (Å²) in [6.45, 7) is 4.03. The van der Waals surface area contributed by atoms with E-state index < -0.39 is 4.92 Å². The van der Waals surface area contributed by atoms with Crippen LogP contribution in [0.25, 0.3) is 10.6 Å². The fourth-order valence-electron chi connectivity index (χ4n) is 2.77. The molecule has 0 atom stereocenters. The van der Waals surface area contributed by atoms with E-state index in [-0.39, 0.29) is 11.6 Å². The van der Waals surface area contributed by atoms with Gasteiger partial charge in [0.15, 0.2) is 0 Å². The first-order valence-corrected chi connectivity index (χ1v) is 9.80. The number of rotatable bonds is 6. The average molecular weight is 416 g/mol. The topological polar surface area (TPSA) is 85.1 Å². The van der Waals surface area contributed by atoms with Crippen LogP contribution in [0.15, 0.2) is 42.5 Å². The summed E-state index contributed by atoms with van der Waals surface area (Å²) in [5.74, 6) is -0.252. The maximum atomic E-state index is 12.3. The van der Waals surface area contributed by atoms with E-state index in [1.807, 2.05) is 31.2 Å². The second-order valence-electron chi connectivity index (χ2n) is 6.30. The van der Waals surface area contributed by atoms with Crippen molar-refractivity contribution in [1.29, 1.82) is 0 Å². The second-order valence-corrected chi connectivity index (χ2v) is 7.82. The molecule has 144 valence electrons. The lowest BCUT2D eigenvalue weighted by molar-refractivity contribution is -0.385. The van der Waals surface area contributed by atoms with E-state index in [2.05, 4.69) is 10.3 Å². The van der Waals surface area contributed by atoms with Crippen molar-refractivity contribution < 1.29 is 9.72 Å².